The third-order valence-corrected chi connectivity index (χ3v) is 5.54. The van der Waals surface area contributed by atoms with E-state index in [1.54, 1.807) is 54.6 Å². The minimum Gasteiger partial charge on any atom is -0.507 e. The number of rotatable bonds is 5. The lowest BCUT2D eigenvalue weighted by Gasteiger charge is -2.25. The van der Waals surface area contributed by atoms with Crippen molar-refractivity contribution < 1.29 is 33.3 Å². The minimum absolute atomic E-state index is 0.0682. The highest BCUT2D eigenvalue weighted by Crippen LogP contribution is 2.44. The van der Waals surface area contributed by atoms with E-state index in [-0.39, 0.29) is 17.4 Å². The topological polar surface area (TPSA) is 98.4 Å². The highest BCUT2D eigenvalue weighted by Gasteiger charge is 2.48. The summed E-state index contributed by atoms with van der Waals surface area (Å²) in [5.41, 5.74) is 0.704. The van der Waals surface area contributed by atoms with Crippen molar-refractivity contribution in [2.75, 3.05) is 18.1 Å². The summed E-state index contributed by atoms with van der Waals surface area (Å²) < 4.78 is 22.5. The molecular weight excluding hydrogens is 438 g/mol. The maximum Gasteiger partial charge on any atom is 0.300 e. The van der Waals surface area contributed by atoms with Crippen LogP contribution in [0.25, 0.3) is 5.76 Å². The third-order valence-electron chi connectivity index (χ3n) is 5.54. The molecule has 3 aromatic rings. The quantitative estimate of drug-likeness (QED) is 0.340. The van der Waals surface area contributed by atoms with Gasteiger partial charge in [-0.1, -0.05) is 12.1 Å². The van der Waals surface area contributed by atoms with E-state index in [2.05, 4.69) is 0 Å². The zero-order valence-electron chi connectivity index (χ0n) is 18.7. The van der Waals surface area contributed by atoms with Gasteiger partial charge < -0.3 is 23.7 Å². The van der Waals surface area contributed by atoms with Crippen molar-refractivity contribution in [1.82, 2.24) is 0 Å². The molecule has 174 valence electrons. The Morgan fingerprint density at radius 2 is 1.82 bits per heavy atom. The van der Waals surface area contributed by atoms with Crippen LogP contribution in [0.15, 0.2) is 70.9 Å². The highest BCUT2D eigenvalue weighted by molar-refractivity contribution is 6.51. The molecule has 0 saturated carbocycles. The van der Waals surface area contributed by atoms with Gasteiger partial charge in [-0.05, 0) is 50.2 Å². The van der Waals surface area contributed by atoms with Crippen molar-refractivity contribution in [3.05, 3.63) is 77.8 Å². The van der Waals surface area contributed by atoms with Crippen LogP contribution in [0.5, 0.6) is 17.2 Å². The first-order valence-corrected chi connectivity index (χ1v) is 10.9. The third kappa shape index (κ3) is 3.77. The summed E-state index contributed by atoms with van der Waals surface area (Å²) in [6, 6.07) is 14.1. The van der Waals surface area contributed by atoms with E-state index in [4.69, 9.17) is 18.6 Å². The summed E-state index contributed by atoms with van der Waals surface area (Å²) in [7, 11) is 0. The average molecular weight is 461 g/mol. The van der Waals surface area contributed by atoms with Crippen LogP contribution in [0.2, 0.25) is 0 Å². The first kappa shape index (κ1) is 21.6. The molecule has 0 radical (unpaired) electrons. The molecule has 2 aliphatic heterocycles. The normalized spacial score (nSPS) is 19.0. The fraction of sp³-hybridized carbons (Fsp3) is 0.231. The number of ketones is 1. The van der Waals surface area contributed by atoms with Gasteiger partial charge in [-0.2, -0.15) is 0 Å². The molecule has 3 heterocycles. The van der Waals surface area contributed by atoms with Crippen LogP contribution in [0.3, 0.4) is 0 Å². The van der Waals surface area contributed by atoms with Crippen LogP contribution >= 0.6 is 0 Å². The van der Waals surface area contributed by atoms with Crippen LogP contribution in [0.4, 0.5) is 5.69 Å². The fourth-order valence-corrected chi connectivity index (χ4v) is 4.14. The predicted molar refractivity (Wildman–Crippen MR) is 123 cm³/mol. The van der Waals surface area contributed by atoms with Gasteiger partial charge in [-0.15, -0.1) is 0 Å². The summed E-state index contributed by atoms with van der Waals surface area (Å²) in [6.45, 7) is 4.60. The monoisotopic (exact) mass is 461 g/mol. The van der Waals surface area contributed by atoms with Gasteiger partial charge in [-0.3, -0.25) is 14.5 Å². The predicted octanol–water partition coefficient (Wildman–Crippen LogP) is 4.46. The molecule has 34 heavy (non-hydrogen) atoms. The van der Waals surface area contributed by atoms with E-state index in [9.17, 15) is 14.7 Å². The van der Waals surface area contributed by atoms with E-state index in [1.807, 2.05) is 13.8 Å². The van der Waals surface area contributed by atoms with Gasteiger partial charge in [0.1, 0.15) is 36.5 Å². The van der Waals surface area contributed by atoms with Gasteiger partial charge in [0.05, 0.1) is 17.9 Å². The number of anilines is 1. The van der Waals surface area contributed by atoms with Crippen molar-refractivity contribution in [3.63, 3.8) is 0 Å². The van der Waals surface area contributed by atoms with Gasteiger partial charge in [0.25, 0.3) is 11.7 Å². The number of furan rings is 1. The number of carbonyl (C=O) groups is 2. The molecule has 1 aromatic heterocycles. The smallest absolute Gasteiger partial charge is 0.300 e. The molecule has 5 rings (SSSR count). The Morgan fingerprint density at radius 1 is 1.03 bits per heavy atom. The van der Waals surface area contributed by atoms with Gasteiger partial charge in [0, 0.05) is 17.3 Å². The molecule has 0 bridgehead atoms. The van der Waals surface area contributed by atoms with Crippen molar-refractivity contribution in [2.45, 2.75) is 26.0 Å². The number of hydrogen-bond acceptors (Lipinski definition) is 7. The van der Waals surface area contributed by atoms with E-state index in [1.165, 1.54) is 11.2 Å². The van der Waals surface area contributed by atoms with Crippen molar-refractivity contribution in [3.8, 4) is 17.2 Å². The maximum atomic E-state index is 13.2. The van der Waals surface area contributed by atoms with E-state index >= 15 is 0 Å². The summed E-state index contributed by atoms with van der Waals surface area (Å²) in [6.07, 6.45) is 1.39. The summed E-state index contributed by atoms with van der Waals surface area (Å²) in [5.74, 6) is -0.00227. The van der Waals surface area contributed by atoms with Crippen LogP contribution in [-0.4, -0.2) is 36.1 Å². The number of carbonyl (C=O) groups excluding carboxylic acids is 2. The Balaban J connectivity index is 1.63. The van der Waals surface area contributed by atoms with E-state index in [0.717, 1.165) is 0 Å². The number of ether oxygens (including phenoxy) is 3. The molecule has 2 aromatic carbocycles. The second kappa shape index (κ2) is 8.62. The molecule has 8 heteroatoms. The molecular formula is C26H23NO7. The van der Waals surface area contributed by atoms with Crippen LogP contribution < -0.4 is 19.1 Å². The number of hydrogen-bond donors (Lipinski definition) is 1. The number of Topliss-reactive ketones (excluding diaryl/α,β-unsaturated/α-hetero) is 1. The average Bonchev–Trinajstić information content (AvgIpc) is 3.45. The molecule has 1 fully saturated rings. The SMILES string of the molecule is CC(C)Oc1cccc(/C(O)=C2/C(=O)C(=O)N(c3ccc4c(c3)OCCO4)C2c2ccco2)c1. The Morgan fingerprint density at radius 3 is 2.56 bits per heavy atom. The number of aliphatic hydroxyl groups excluding tert-OH is 1. The lowest BCUT2D eigenvalue weighted by atomic mass is 9.99. The molecule has 8 nitrogen and oxygen atoms in total. The minimum atomic E-state index is -0.966. The molecule has 1 atom stereocenters. The van der Waals surface area contributed by atoms with Crippen molar-refractivity contribution >= 4 is 23.1 Å². The van der Waals surface area contributed by atoms with E-state index in [0.29, 0.717) is 47.5 Å². The van der Waals surface area contributed by atoms with E-state index < -0.39 is 17.7 Å². The van der Waals surface area contributed by atoms with Gasteiger partial charge >= 0.3 is 0 Å². The first-order chi connectivity index (χ1) is 16.4. The first-order valence-electron chi connectivity index (χ1n) is 10.9. The summed E-state index contributed by atoms with van der Waals surface area (Å²) in [5, 5.41) is 11.2. The molecule has 1 amide bonds. The van der Waals surface area contributed by atoms with Crippen molar-refractivity contribution in [2.24, 2.45) is 0 Å². The second-order valence-corrected chi connectivity index (χ2v) is 8.21. The standard InChI is InChI=1S/C26H23NO7/c1-15(2)34-18-6-3-5-16(13-18)24(28)22-23(20-7-4-10-31-20)27(26(30)25(22)29)17-8-9-19-21(14-17)33-12-11-32-19/h3-10,13-15,23,28H,11-12H2,1-2H3/b24-22-. The molecule has 1 unspecified atom stereocenters. The Hall–Kier alpha value is -4.20. The van der Waals surface area contributed by atoms with Crippen LogP contribution in [-0.2, 0) is 9.59 Å². The Labute approximate surface area is 196 Å². The molecule has 1 saturated heterocycles. The largest absolute Gasteiger partial charge is 0.507 e. The zero-order valence-corrected chi connectivity index (χ0v) is 18.7. The number of amides is 1. The van der Waals surface area contributed by atoms with Crippen LogP contribution in [0.1, 0.15) is 31.2 Å². The lowest BCUT2D eigenvalue weighted by Crippen LogP contribution is -2.29. The van der Waals surface area contributed by atoms with Gasteiger partial charge in [0.2, 0.25) is 0 Å². The summed E-state index contributed by atoms with van der Waals surface area (Å²) >= 11 is 0. The molecule has 2 aliphatic rings. The maximum absolute atomic E-state index is 13.2. The highest BCUT2D eigenvalue weighted by atomic mass is 16.6. The van der Waals surface area contributed by atoms with Gasteiger partial charge in [-0.25, -0.2) is 0 Å². The van der Waals surface area contributed by atoms with Crippen molar-refractivity contribution in [1.29, 1.82) is 0 Å². The molecule has 1 N–H and O–H groups in total. The van der Waals surface area contributed by atoms with Crippen LogP contribution in [0, 0.1) is 0 Å². The number of nitrogens with zero attached hydrogens (tertiary/aromatic N) is 1. The number of fused-ring (bicyclic) bond motifs is 1. The number of benzene rings is 2. The number of aliphatic hydroxyl groups is 1. The lowest BCUT2D eigenvalue weighted by molar-refractivity contribution is -0.132. The Bertz CT molecular complexity index is 1280. The molecule has 0 aliphatic carbocycles. The fourth-order valence-electron chi connectivity index (χ4n) is 4.14. The summed E-state index contributed by atoms with van der Waals surface area (Å²) in [4.78, 5) is 27.8. The second-order valence-electron chi connectivity index (χ2n) is 8.21. The molecule has 0 spiro atoms. The van der Waals surface area contributed by atoms with Gasteiger partial charge in [0.15, 0.2) is 11.5 Å². The zero-order chi connectivity index (χ0) is 23.8. The Kier molecular flexibility index (Phi) is 5.49.